The van der Waals surface area contributed by atoms with Crippen molar-refractivity contribution in [2.24, 2.45) is 4.99 Å². The first kappa shape index (κ1) is 19.8. The summed E-state index contributed by atoms with van der Waals surface area (Å²) in [5.41, 5.74) is 1.96. The van der Waals surface area contributed by atoms with Gasteiger partial charge in [-0.15, -0.1) is 0 Å². The first-order chi connectivity index (χ1) is 13.6. The van der Waals surface area contributed by atoms with Crippen molar-refractivity contribution >= 4 is 11.6 Å². The van der Waals surface area contributed by atoms with Crippen LogP contribution in [-0.2, 0) is 6.54 Å². The van der Waals surface area contributed by atoms with Gasteiger partial charge < -0.3 is 25.0 Å². The maximum atomic E-state index is 10.1. The fraction of sp³-hybridized carbons (Fsp3) is 0.429. The largest absolute Gasteiger partial charge is 0.506 e. The minimum Gasteiger partial charge on any atom is -0.506 e. The van der Waals surface area contributed by atoms with Crippen molar-refractivity contribution in [3.05, 3.63) is 48.2 Å². The Balaban J connectivity index is 1.52. The maximum Gasteiger partial charge on any atom is 0.213 e. The zero-order chi connectivity index (χ0) is 19.9. The van der Waals surface area contributed by atoms with Gasteiger partial charge in [0.15, 0.2) is 5.96 Å². The number of phenols is 1. The SMILES string of the molecule is CN=C(NCc1ccc(OC(C)C)nc1)N1CCN(c2ccccc2O)CC1. The number of aliphatic imine (C=N–C) groups is 1. The minimum atomic E-state index is 0.117. The predicted molar refractivity (Wildman–Crippen MR) is 112 cm³/mol. The third kappa shape index (κ3) is 5.06. The molecule has 150 valence electrons. The molecule has 3 rings (SSSR count). The van der Waals surface area contributed by atoms with Crippen LogP contribution in [-0.4, -0.2) is 60.3 Å². The van der Waals surface area contributed by atoms with E-state index in [9.17, 15) is 5.11 Å². The van der Waals surface area contributed by atoms with Crippen molar-refractivity contribution < 1.29 is 9.84 Å². The number of ether oxygens (including phenoxy) is 1. The normalized spacial score (nSPS) is 15.1. The number of phenolic OH excluding ortho intramolecular Hbond substituents is 1. The molecule has 0 spiro atoms. The van der Waals surface area contributed by atoms with Gasteiger partial charge in [-0.1, -0.05) is 18.2 Å². The third-order valence-corrected chi connectivity index (χ3v) is 4.62. The van der Waals surface area contributed by atoms with Crippen LogP contribution >= 0.6 is 0 Å². The molecule has 0 bridgehead atoms. The van der Waals surface area contributed by atoms with Crippen LogP contribution in [0.1, 0.15) is 19.4 Å². The first-order valence-corrected chi connectivity index (χ1v) is 9.67. The zero-order valence-corrected chi connectivity index (χ0v) is 16.8. The molecule has 7 heteroatoms. The number of piperazine rings is 1. The second kappa shape index (κ2) is 9.30. The summed E-state index contributed by atoms with van der Waals surface area (Å²) in [5, 5.41) is 13.5. The van der Waals surface area contributed by atoms with Crippen molar-refractivity contribution in [3.63, 3.8) is 0 Å². The molecular weight excluding hydrogens is 354 g/mol. The molecule has 1 aliphatic heterocycles. The molecule has 0 radical (unpaired) electrons. The quantitative estimate of drug-likeness (QED) is 0.610. The van der Waals surface area contributed by atoms with Gasteiger partial charge >= 0.3 is 0 Å². The lowest BCUT2D eigenvalue weighted by Crippen LogP contribution is -2.52. The number of aromatic hydroxyl groups is 1. The van der Waals surface area contributed by atoms with E-state index in [1.54, 1.807) is 13.1 Å². The van der Waals surface area contributed by atoms with Gasteiger partial charge in [0.05, 0.1) is 11.8 Å². The molecule has 7 nitrogen and oxygen atoms in total. The fourth-order valence-electron chi connectivity index (χ4n) is 3.23. The smallest absolute Gasteiger partial charge is 0.213 e. The molecule has 1 fully saturated rings. The van der Waals surface area contributed by atoms with Crippen LogP contribution in [0.25, 0.3) is 0 Å². The lowest BCUT2D eigenvalue weighted by Gasteiger charge is -2.37. The number of hydrogen-bond donors (Lipinski definition) is 2. The monoisotopic (exact) mass is 383 g/mol. The summed E-state index contributed by atoms with van der Waals surface area (Å²) in [6.45, 7) is 7.98. The molecule has 1 aliphatic rings. The van der Waals surface area contributed by atoms with E-state index in [2.05, 4.69) is 25.1 Å². The highest BCUT2D eigenvalue weighted by molar-refractivity contribution is 5.80. The van der Waals surface area contributed by atoms with Gasteiger partial charge in [-0.25, -0.2) is 4.98 Å². The highest BCUT2D eigenvalue weighted by Crippen LogP contribution is 2.27. The zero-order valence-electron chi connectivity index (χ0n) is 16.8. The maximum absolute atomic E-state index is 10.1. The van der Waals surface area contributed by atoms with Crippen LogP contribution < -0.4 is 15.0 Å². The molecule has 1 aromatic carbocycles. The molecule has 2 aromatic rings. The number of anilines is 1. The van der Waals surface area contributed by atoms with Crippen molar-refractivity contribution in [3.8, 4) is 11.6 Å². The lowest BCUT2D eigenvalue weighted by atomic mass is 10.2. The molecule has 1 saturated heterocycles. The van der Waals surface area contributed by atoms with Crippen molar-refractivity contribution in [1.29, 1.82) is 0 Å². The molecule has 0 aliphatic carbocycles. The summed E-state index contributed by atoms with van der Waals surface area (Å²) in [6.07, 6.45) is 1.94. The van der Waals surface area contributed by atoms with Crippen molar-refractivity contribution in [1.82, 2.24) is 15.2 Å². The second-order valence-electron chi connectivity index (χ2n) is 7.03. The van der Waals surface area contributed by atoms with Crippen LogP contribution in [0.2, 0.25) is 0 Å². The highest BCUT2D eigenvalue weighted by atomic mass is 16.5. The number of rotatable bonds is 5. The highest BCUT2D eigenvalue weighted by Gasteiger charge is 2.21. The van der Waals surface area contributed by atoms with E-state index in [1.807, 2.05) is 50.4 Å². The Bertz CT molecular complexity index is 784. The van der Waals surface area contributed by atoms with E-state index in [0.717, 1.165) is 43.4 Å². The summed E-state index contributed by atoms with van der Waals surface area (Å²) in [6, 6.07) is 11.4. The van der Waals surface area contributed by atoms with E-state index in [-0.39, 0.29) is 6.10 Å². The molecule has 0 atom stereocenters. The summed E-state index contributed by atoms with van der Waals surface area (Å²) in [4.78, 5) is 13.2. The molecule has 1 aromatic heterocycles. The number of pyridine rings is 1. The van der Waals surface area contributed by atoms with Crippen LogP contribution in [0.15, 0.2) is 47.6 Å². The van der Waals surface area contributed by atoms with Gasteiger partial charge in [0, 0.05) is 52.0 Å². The third-order valence-electron chi connectivity index (χ3n) is 4.62. The van der Waals surface area contributed by atoms with Crippen LogP contribution in [0.5, 0.6) is 11.6 Å². The van der Waals surface area contributed by atoms with E-state index in [4.69, 9.17) is 4.74 Å². The Hall–Kier alpha value is -2.96. The average Bonchev–Trinajstić information content (AvgIpc) is 2.70. The molecule has 0 amide bonds. The lowest BCUT2D eigenvalue weighted by molar-refractivity contribution is 0.232. The number of aromatic nitrogens is 1. The Morgan fingerprint density at radius 1 is 1.18 bits per heavy atom. The number of nitrogens with one attached hydrogen (secondary N) is 1. The van der Waals surface area contributed by atoms with Crippen molar-refractivity contribution in [2.75, 3.05) is 38.1 Å². The number of para-hydroxylation sites is 2. The molecule has 0 unspecified atom stereocenters. The van der Waals surface area contributed by atoms with Crippen molar-refractivity contribution in [2.45, 2.75) is 26.5 Å². The second-order valence-corrected chi connectivity index (χ2v) is 7.03. The fourth-order valence-corrected chi connectivity index (χ4v) is 3.23. The summed E-state index contributed by atoms with van der Waals surface area (Å²) in [7, 11) is 1.80. The Morgan fingerprint density at radius 3 is 2.54 bits per heavy atom. The number of hydrogen-bond acceptors (Lipinski definition) is 5. The summed E-state index contributed by atoms with van der Waals surface area (Å²) < 4.78 is 5.58. The van der Waals surface area contributed by atoms with E-state index in [1.165, 1.54) is 0 Å². The van der Waals surface area contributed by atoms with Crippen LogP contribution in [0.4, 0.5) is 5.69 Å². The van der Waals surface area contributed by atoms with Crippen LogP contribution in [0, 0.1) is 0 Å². The topological polar surface area (TPSA) is 73.2 Å². The van der Waals surface area contributed by atoms with Gasteiger partial charge in [0.1, 0.15) is 5.75 Å². The molecule has 28 heavy (non-hydrogen) atoms. The molecular formula is C21H29N5O2. The van der Waals surface area contributed by atoms with Gasteiger partial charge in [-0.05, 0) is 31.5 Å². The van der Waals surface area contributed by atoms with Gasteiger partial charge in [-0.2, -0.15) is 0 Å². The number of guanidine groups is 1. The van der Waals surface area contributed by atoms with E-state index >= 15 is 0 Å². The minimum absolute atomic E-state index is 0.117. The van der Waals surface area contributed by atoms with Gasteiger partial charge in [0.2, 0.25) is 5.88 Å². The molecule has 0 saturated carbocycles. The number of nitrogens with zero attached hydrogens (tertiary/aromatic N) is 4. The molecule has 2 heterocycles. The standard InChI is InChI=1S/C21H29N5O2/c1-16(2)28-20-9-8-17(14-23-20)15-24-21(22-3)26-12-10-25(11-13-26)18-6-4-5-7-19(18)27/h4-9,14,16,27H,10-13,15H2,1-3H3,(H,22,24). The Kier molecular flexibility index (Phi) is 6.57. The average molecular weight is 383 g/mol. The predicted octanol–water partition coefficient (Wildman–Crippen LogP) is 2.47. The molecule has 2 N–H and O–H groups in total. The Labute approximate surface area is 166 Å². The van der Waals surface area contributed by atoms with Gasteiger partial charge in [0.25, 0.3) is 0 Å². The van der Waals surface area contributed by atoms with Gasteiger partial charge in [-0.3, -0.25) is 4.99 Å². The van der Waals surface area contributed by atoms with Crippen LogP contribution in [0.3, 0.4) is 0 Å². The summed E-state index contributed by atoms with van der Waals surface area (Å²) in [5.74, 6) is 1.85. The van der Waals surface area contributed by atoms with E-state index < -0.39 is 0 Å². The van der Waals surface area contributed by atoms with E-state index in [0.29, 0.717) is 18.2 Å². The number of benzene rings is 1. The summed E-state index contributed by atoms with van der Waals surface area (Å²) >= 11 is 0. The first-order valence-electron chi connectivity index (χ1n) is 9.67. The Morgan fingerprint density at radius 2 is 1.93 bits per heavy atom.